The number of anilines is 3. The van der Waals surface area contributed by atoms with E-state index in [0.717, 1.165) is 71.8 Å². The van der Waals surface area contributed by atoms with Gasteiger partial charge in [-0.3, -0.25) is 4.72 Å². The molecule has 238 valence electrons. The number of sulfonamides is 1. The summed E-state index contributed by atoms with van der Waals surface area (Å²) < 4.78 is 29.5. The summed E-state index contributed by atoms with van der Waals surface area (Å²) in [5, 5.41) is 26.6. The number of hydrogen-bond donors (Lipinski definition) is 4. The van der Waals surface area contributed by atoms with Gasteiger partial charge in [0.2, 0.25) is 0 Å². The molecule has 0 saturated carbocycles. The van der Waals surface area contributed by atoms with Gasteiger partial charge in [-0.05, 0) is 103 Å². The van der Waals surface area contributed by atoms with Crippen molar-refractivity contribution in [3.63, 3.8) is 0 Å². The van der Waals surface area contributed by atoms with Crippen LogP contribution in [-0.4, -0.2) is 36.7 Å². The molecule has 3 heterocycles. The number of fused-ring (bicyclic) bond motifs is 2. The summed E-state index contributed by atoms with van der Waals surface area (Å²) in [6.07, 6.45) is 8.10. The standard InChI is InChI=1S/C35H42N4O4S2/c1-3-5-7-24(6-4-2)31-22-44-35(37-31)39-17-15-26-19-28(12-13-32(26)39)45(42,43)38-27-10-8-23(9-11-27)18-30-29-21-34(41)33(40)20-25(29)14-16-36-30/h8-13,19-22,24,30,36,38,40-41H,3-7,14-18H2,1-2H3. The minimum Gasteiger partial charge on any atom is -0.504 e. The van der Waals surface area contributed by atoms with Crippen molar-refractivity contribution in [2.75, 3.05) is 22.7 Å². The molecule has 0 saturated heterocycles. The Hall–Kier alpha value is -3.60. The second-order valence-corrected chi connectivity index (χ2v) is 14.7. The number of phenolic OH excluding ortho intramolecular Hbond substituents is 2. The van der Waals surface area contributed by atoms with E-state index in [2.05, 4.69) is 34.2 Å². The highest BCUT2D eigenvalue weighted by Crippen LogP contribution is 2.40. The second-order valence-electron chi connectivity index (χ2n) is 12.2. The summed E-state index contributed by atoms with van der Waals surface area (Å²) in [6, 6.07) is 16.1. The van der Waals surface area contributed by atoms with Crippen LogP contribution in [-0.2, 0) is 29.3 Å². The van der Waals surface area contributed by atoms with Gasteiger partial charge in [-0.1, -0.05) is 45.2 Å². The summed E-state index contributed by atoms with van der Waals surface area (Å²) in [7, 11) is -3.77. The van der Waals surface area contributed by atoms with Crippen LogP contribution in [0.5, 0.6) is 11.5 Å². The topological polar surface area (TPSA) is 115 Å². The van der Waals surface area contributed by atoms with Gasteiger partial charge >= 0.3 is 0 Å². The third-order valence-corrected chi connectivity index (χ3v) is 11.3. The number of aromatic nitrogens is 1. The van der Waals surface area contributed by atoms with Crippen molar-refractivity contribution < 1.29 is 18.6 Å². The number of hydrogen-bond acceptors (Lipinski definition) is 8. The quantitative estimate of drug-likeness (QED) is 0.118. The van der Waals surface area contributed by atoms with E-state index in [-0.39, 0.29) is 22.4 Å². The molecule has 1 aromatic heterocycles. The van der Waals surface area contributed by atoms with Crippen molar-refractivity contribution in [2.45, 2.75) is 82.1 Å². The summed E-state index contributed by atoms with van der Waals surface area (Å²) in [5.74, 6) is 0.279. The maximum Gasteiger partial charge on any atom is 0.261 e. The predicted molar refractivity (Wildman–Crippen MR) is 182 cm³/mol. The number of nitrogens with one attached hydrogen (secondary N) is 2. The molecule has 3 aromatic carbocycles. The molecule has 0 spiro atoms. The maximum absolute atomic E-state index is 13.4. The first-order valence-corrected chi connectivity index (χ1v) is 18.4. The van der Waals surface area contributed by atoms with E-state index in [1.807, 2.05) is 18.2 Å². The Kier molecular flexibility index (Phi) is 9.35. The zero-order valence-electron chi connectivity index (χ0n) is 25.9. The van der Waals surface area contributed by atoms with Gasteiger partial charge in [0.1, 0.15) is 0 Å². The average Bonchev–Trinajstić information content (AvgIpc) is 3.68. The number of thiazole rings is 1. The van der Waals surface area contributed by atoms with Crippen molar-refractivity contribution in [1.82, 2.24) is 10.3 Å². The minimum absolute atomic E-state index is 0.0106. The minimum atomic E-state index is -3.77. The van der Waals surface area contributed by atoms with Crippen LogP contribution in [0.2, 0.25) is 0 Å². The molecule has 0 fully saturated rings. The lowest BCUT2D eigenvalue weighted by Crippen LogP contribution is -2.31. The number of rotatable bonds is 12. The fourth-order valence-electron chi connectivity index (χ4n) is 6.58. The summed E-state index contributed by atoms with van der Waals surface area (Å²) in [6.45, 7) is 6.03. The predicted octanol–water partition coefficient (Wildman–Crippen LogP) is 7.55. The van der Waals surface area contributed by atoms with Crippen LogP contribution in [0, 0.1) is 0 Å². The molecule has 6 rings (SSSR count). The van der Waals surface area contributed by atoms with Gasteiger partial charge in [0, 0.05) is 35.3 Å². The summed E-state index contributed by atoms with van der Waals surface area (Å²) in [5.41, 5.74) is 6.76. The van der Waals surface area contributed by atoms with Gasteiger partial charge in [-0.2, -0.15) is 0 Å². The molecular weight excluding hydrogens is 605 g/mol. The Morgan fingerprint density at radius 2 is 1.80 bits per heavy atom. The number of nitrogens with zero attached hydrogens (tertiary/aromatic N) is 2. The lowest BCUT2D eigenvalue weighted by Gasteiger charge is -2.27. The highest BCUT2D eigenvalue weighted by Gasteiger charge is 2.27. The average molecular weight is 647 g/mol. The van der Waals surface area contributed by atoms with E-state index in [1.54, 1.807) is 47.7 Å². The van der Waals surface area contributed by atoms with Crippen LogP contribution in [0.3, 0.4) is 0 Å². The van der Waals surface area contributed by atoms with Crippen molar-refractivity contribution in [3.8, 4) is 11.5 Å². The van der Waals surface area contributed by atoms with Gasteiger partial charge in [-0.25, -0.2) is 13.4 Å². The molecular formula is C35H42N4O4S2. The Labute approximate surface area is 270 Å². The summed E-state index contributed by atoms with van der Waals surface area (Å²) >= 11 is 1.68. The molecule has 2 unspecified atom stereocenters. The fourth-order valence-corrected chi connectivity index (χ4v) is 8.63. The Morgan fingerprint density at radius 3 is 2.58 bits per heavy atom. The normalized spacial score (nSPS) is 16.8. The van der Waals surface area contributed by atoms with Crippen LogP contribution in [0.1, 0.15) is 85.9 Å². The third kappa shape index (κ3) is 6.83. The summed E-state index contributed by atoms with van der Waals surface area (Å²) in [4.78, 5) is 7.51. The maximum atomic E-state index is 13.4. The molecule has 0 bridgehead atoms. The SMILES string of the molecule is CCCCC(CCC)c1csc(N2CCc3cc(S(=O)(=O)Nc4ccc(CC5NCCc6cc(O)c(O)cc65)cc4)ccc32)n1. The molecule has 8 nitrogen and oxygen atoms in total. The van der Waals surface area contributed by atoms with Crippen LogP contribution in [0.15, 0.2) is 64.9 Å². The molecule has 0 amide bonds. The first-order chi connectivity index (χ1) is 21.8. The van der Waals surface area contributed by atoms with Gasteiger partial charge in [0.05, 0.1) is 10.6 Å². The Balaban J connectivity index is 1.12. The third-order valence-electron chi connectivity index (χ3n) is 9.00. The van der Waals surface area contributed by atoms with E-state index in [1.165, 1.54) is 25.0 Å². The second kappa shape index (κ2) is 13.4. The highest BCUT2D eigenvalue weighted by atomic mass is 32.2. The van der Waals surface area contributed by atoms with E-state index in [4.69, 9.17) is 4.98 Å². The number of benzene rings is 3. The molecule has 2 atom stereocenters. The van der Waals surface area contributed by atoms with Gasteiger partial charge in [0.25, 0.3) is 10.0 Å². The largest absolute Gasteiger partial charge is 0.504 e. The zero-order chi connectivity index (χ0) is 31.6. The monoisotopic (exact) mass is 646 g/mol. The van der Waals surface area contributed by atoms with Gasteiger partial charge in [0.15, 0.2) is 16.6 Å². The molecule has 4 N–H and O–H groups in total. The van der Waals surface area contributed by atoms with E-state index >= 15 is 0 Å². The molecule has 45 heavy (non-hydrogen) atoms. The van der Waals surface area contributed by atoms with E-state index in [0.29, 0.717) is 18.0 Å². The lowest BCUT2D eigenvalue weighted by molar-refractivity contribution is 0.398. The molecule has 4 aromatic rings. The van der Waals surface area contributed by atoms with Crippen molar-refractivity contribution in [1.29, 1.82) is 0 Å². The van der Waals surface area contributed by atoms with Crippen LogP contribution < -0.4 is 14.9 Å². The zero-order valence-corrected chi connectivity index (χ0v) is 27.6. The Bertz CT molecular complexity index is 1750. The molecule has 0 radical (unpaired) electrons. The molecule has 0 aliphatic carbocycles. The fraction of sp³-hybridized carbons (Fsp3) is 0.400. The van der Waals surface area contributed by atoms with Crippen LogP contribution >= 0.6 is 11.3 Å². The van der Waals surface area contributed by atoms with E-state index in [9.17, 15) is 18.6 Å². The van der Waals surface area contributed by atoms with Crippen LogP contribution in [0.25, 0.3) is 0 Å². The van der Waals surface area contributed by atoms with Gasteiger partial charge < -0.3 is 20.4 Å². The molecule has 10 heteroatoms. The highest BCUT2D eigenvalue weighted by molar-refractivity contribution is 7.92. The van der Waals surface area contributed by atoms with E-state index < -0.39 is 10.0 Å². The number of aromatic hydroxyl groups is 2. The molecule has 2 aliphatic heterocycles. The van der Waals surface area contributed by atoms with Crippen LogP contribution in [0.4, 0.5) is 16.5 Å². The van der Waals surface area contributed by atoms with Crippen molar-refractivity contribution in [3.05, 3.63) is 87.9 Å². The first-order valence-electron chi connectivity index (χ1n) is 16.0. The molecule has 2 aliphatic rings. The smallest absolute Gasteiger partial charge is 0.261 e. The first kappa shape index (κ1) is 31.4. The van der Waals surface area contributed by atoms with Crippen molar-refractivity contribution in [2.24, 2.45) is 0 Å². The van der Waals surface area contributed by atoms with Crippen molar-refractivity contribution >= 4 is 37.9 Å². The number of unbranched alkanes of at least 4 members (excludes halogenated alkanes) is 1. The number of phenols is 2. The lowest BCUT2D eigenvalue weighted by atomic mass is 9.90. The van der Waals surface area contributed by atoms with Gasteiger partial charge in [-0.15, -0.1) is 11.3 Å². The Morgan fingerprint density at radius 1 is 1.00 bits per heavy atom.